The van der Waals surface area contributed by atoms with Crippen LogP contribution in [0, 0.1) is 55.4 Å². The topological polar surface area (TPSA) is 183 Å². The summed E-state index contributed by atoms with van der Waals surface area (Å²) in [6.07, 6.45) is 2.03. The first-order valence-electron chi connectivity index (χ1n) is 17.7. The van der Waals surface area contributed by atoms with E-state index in [1.807, 2.05) is 0 Å². The second kappa shape index (κ2) is 16.2. The summed E-state index contributed by atoms with van der Waals surface area (Å²) in [5.41, 5.74) is 1.42. The van der Waals surface area contributed by atoms with Crippen LogP contribution in [0.1, 0.15) is 82.5 Å². The quantitative estimate of drug-likeness (QED) is 0.108. The smallest absolute Gasteiger partial charge is 0.356 e. The number of ketones is 1. The molecule has 0 saturated carbocycles. The van der Waals surface area contributed by atoms with Crippen LogP contribution in [-0.4, -0.2) is 57.7 Å². The van der Waals surface area contributed by atoms with E-state index in [1.54, 1.807) is 65.8 Å². The van der Waals surface area contributed by atoms with E-state index in [9.17, 15) is 39.3 Å². The van der Waals surface area contributed by atoms with E-state index in [0.29, 0.717) is 49.5 Å². The molecular weight excluding hydrogens is 836 g/mol. The third kappa shape index (κ3) is 7.41. The molecule has 58 heavy (non-hydrogen) atoms. The van der Waals surface area contributed by atoms with Gasteiger partial charge in [-0.2, -0.15) is 0 Å². The number of carboxylic acids is 1. The standard InChI is InChI=1S/C44H40BrClO12/c1-18-14-30(56-42(52)35-23(6)25(8)39(36(45)37(35)48)58-43(53)44(54)19(2)15-29(47)17-31(44)55-10)20(3)21(4)32(18)41(51)57-38-24(7)22(5)33(40(49)50)26(9)34(38)27-12-11-13-28(46)16-27/h11-17,48,54H,1-10H3,(H,49,50)/t44-/m1/s1. The van der Waals surface area contributed by atoms with Crippen LogP contribution in [0.2, 0.25) is 5.02 Å². The predicted octanol–water partition coefficient (Wildman–Crippen LogP) is 8.77. The van der Waals surface area contributed by atoms with E-state index >= 15 is 0 Å². The Morgan fingerprint density at radius 3 is 1.91 bits per heavy atom. The van der Waals surface area contributed by atoms with Crippen molar-refractivity contribution in [3.63, 3.8) is 0 Å². The van der Waals surface area contributed by atoms with Gasteiger partial charge in [-0.3, -0.25) is 4.79 Å². The molecule has 1 atom stereocenters. The molecule has 0 aromatic heterocycles. The zero-order chi connectivity index (χ0) is 43.3. The van der Waals surface area contributed by atoms with E-state index < -0.39 is 41.0 Å². The summed E-state index contributed by atoms with van der Waals surface area (Å²) in [7, 11) is 1.18. The Hall–Kier alpha value is -5.76. The number of benzene rings is 4. The molecule has 5 rings (SSSR count). The van der Waals surface area contributed by atoms with E-state index in [1.165, 1.54) is 33.9 Å². The Labute approximate surface area is 347 Å². The second-order valence-electron chi connectivity index (χ2n) is 14.0. The second-order valence-corrected chi connectivity index (χ2v) is 15.3. The number of carbonyl (C=O) groups is 5. The molecule has 0 unspecified atom stereocenters. The van der Waals surface area contributed by atoms with Crippen molar-refractivity contribution in [2.45, 2.75) is 67.9 Å². The SMILES string of the molecule is COC1=CC(=O)C=C(C)[C@]1(O)C(=O)Oc1c(C)c(C)c(C(=O)Oc2cc(C)c(C(=O)Oc3c(C)c(C)c(C(=O)O)c(C)c3-c3cccc(Cl)c3)c(C)c2C)c(O)c1Br. The molecule has 14 heteroatoms. The Kier molecular flexibility index (Phi) is 12.1. The van der Waals surface area contributed by atoms with Gasteiger partial charge in [0.25, 0.3) is 0 Å². The molecule has 302 valence electrons. The largest absolute Gasteiger partial charge is 0.506 e. The summed E-state index contributed by atoms with van der Waals surface area (Å²) in [4.78, 5) is 65.6. The number of esters is 3. The molecule has 4 aromatic carbocycles. The summed E-state index contributed by atoms with van der Waals surface area (Å²) >= 11 is 9.53. The Morgan fingerprint density at radius 2 is 1.31 bits per heavy atom. The number of allylic oxidation sites excluding steroid dienone is 2. The van der Waals surface area contributed by atoms with Gasteiger partial charge in [0.15, 0.2) is 11.5 Å². The normalized spacial score (nSPS) is 15.0. The van der Waals surface area contributed by atoms with E-state index in [0.717, 1.165) is 12.2 Å². The maximum Gasteiger partial charge on any atom is 0.356 e. The molecule has 12 nitrogen and oxygen atoms in total. The molecule has 3 N–H and O–H groups in total. The number of phenols is 1. The number of carbonyl (C=O) groups excluding carboxylic acids is 4. The number of aliphatic hydroxyl groups is 1. The molecule has 0 bridgehead atoms. The zero-order valence-corrected chi connectivity index (χ0v) is 35.7. The number of aromatic carboxylic acids is 1. The van der Waals surface area contributed by atoms with Crippen molar-refractivity contribution >= 4 is 57.2 Å². The summed E-state index contributed by atoms with van der Waals surface area (Å²) in [5, 5.41) is 33.1. The lowest BCUT2D eigenvalue weighted by molar-refractivity contribution is -0.151. The first-order chi connectivity index (χ1) is 27.1. The van der Waals surface area contributed by atoms with Crippen molar-refractivity contribution < 1.29 is 58.2 Å². The van der Waals surface area contributed by atoms with E-state index in [-0.39, 0.29) is 60.9 Å². The number of halogens is 2. The Balaban J connectivity index is 1.49. The summed E-state index contributed by atoms with van der Waals surface area (Å²) in [5.74, 6) is -5.46. The number of rotatable bonds is 9. The van der Waals surface area contributed by atoms with Gasteiger partial charge in [0, 0.05) is 16.7 Å². The third-order valence-electron chi connectivity index (χ3n) is 10.6. The number of aryl methyl sites for hydroxylation is 1. The maximum atomic E-state index is 14.1. The molecule has 0 aliphatic heterocycles. The van der Waals surface area contributed by atoms with E-state index in [4.69, 9.17) is 30.5 Å². The van der Waals surface area contributed by atoms with Crippen molar-refractivity contribution in [3.05, 3.63) is 125 Å². The van der Waals surface area contributed by atoms with Crippen LogP contribution < -0.4 is 14.2 Å². The number of ether oxygens (including phenoxy) is 4. The minimum Gasteiger partial charge on any atom is -0.506 e. The molecule has 1 aliphatic carbocycles. The van der Waals surface area contributed by atoms with Crippen LogP contribution in [0.4, 0.5) is 0 Å². The summed E-state index contributed by atoms with van der Waals surface area (Å²) in [6.45, 7) is 14.3. The highest BCUT2D eigenvalue weighted by molar-refractivity contribution is 9.10. The van der Waals surface area contributed by atoms with Crippen molar-refractivity contribution in [1.82, 2.24) is 0 Å². The molecule has 0 heterocycles. The first-order valence-corrected chi connectivity index (χ1v) is 18.9. The lowest BCUT2D eigenvalue weighted by atomic mass is 9.87. The Morgan fingerprint density at radius 1 is 0.724 bits per heavy atom. The van der Waals surface area contributed by atoms with Gasteiger partial charge in [-0.1, -0.05) is 23.7 Å². The van der Waals surface area contributed by atoms with Gasteiger partial charge in [-0.05, 0) is 158 Å². The van der Waals surface area contributed by atoms with Crippen LogP contribution in [0.5, 0.6) is 23.0 Å². The summed E-state index contributed by atoms with van der Waals surface area (Å²) < 4.78 is 22.5. The fraction of sp³-hybridized carbons (Fsp3) is 0.250. The van der Waals surface area contributed by atoms with Gasteiger partial charge in [-0.25, -0.2) is 19.2 Å². The number of aromatic hydroxyl groups is 1. The van der Waals surface area contributed by atoms with Crippen LogP contribution in [0.25, 0.3) is 11.1 Å². The van der Waals surface area contributed by atoms with Crippen molar-refractivity contribution in [1.29, 1.82) is 0 Å². The van der Waals surface area contributed by atoms with Crippen molar-refractivity contribution in [3.8, 4) is 34.1 Å². The lowest BCUT2D eigenvalue weighted by Gasteiger charge is -2.30. The number of hydrogen-bond acceptors (Lipinski definition) is 11. The van der Waals surface area contributed by atoms with Crippen molar-refractivity contribution in [2.24, 2.45) is 0 Å². The van der Waals surface area contributed by atoms with Crippen LogP contribution >= 0.6 is 27.5 Å². The van der Waals surface area contributed by atoms with Gasteiger partial charge in [0.05, 0.1) is 18.2 Å². The van der Waals surface area contributed by atoms with Crippen molar-refractivity contribution in [2.75, 3.05) is 7.11 Å². The monoisotopic (exact) mass is 874 g/mol. The predicted molar refractivity (Wildman–Crippen MR) is 218 cm³/mol. The average Bonchev–Trinajstić information content (AvgIpc) is 3.14. The number of phenolic OH excluding ortho intramolecular Hbond substituents is 1. The van der Waals surface area contributed by atoms with Gasteiger partial charge >= 0.3 is 23.9 Å². The zero-order valence-electron chi connectivity index (χ0n) is 33.3. The number of carboxylic acid groups (broad SMARTS) is 1. The highest BCUT2D eigenvalue weighted by atomic mass is 79.9. The minimum atomic E-state index is -2.44. The van der Waals surface area contributed by atoms with Gasteiger partial charge < -0.3 is 34.3 Å². The van der Waals surface area contributed by atoms with Crippen LogP contribution in [0.3, 0.4) is 0 Å². The fourth-order valence-electron chi connectivity index (χ4n) is 7.03. The van der Waals surface area contributed by atoms with E-state index in [2.05, 4.69) is 15.9 Å². The van der Waals surface area contributed by atoms with Gasteiger partial charge in [0.1, 0.15) is 33.0 Å². The average molecular weight is 876 g/mol. The van der Waals surface area contributed by atoms with Crippen LogP contribution in [-0.2, 0) is 14.3 Å². The summed E-state index contributed by atoms with van der Waals surface area (Å²) in [6, 6.07) is 8.28. The number of hydrogen-bond donors (Lipinski definition) is 3. The van der Waals surface area contributed by atoms with Gasteiger partial charge in [-0.15, -0.1) is 0 Å². The Bertz CT molecular complexity index is 2540. The molecule has 0 amide bonds. The molecule has 1 aliphatic rings. The third-order valence-corrected chi connectivity index (χ3v) is 11.6. The fourth-order valence-corrected chi connectivity index (χ4v) is 7.80. The lowest BCUT2D eigenvalue weighted by Crippen LogP contribution is -2.47. The number of methoxy groups -OCH3 is 1. The molecule has 0 radical (unpaired) electrons. The van der Waals surface area contributed by atoms with Gasteiger partial charge in [0.2, 0.25) is 5.60 Å². The molecular formula is C44H40BrClO12. The molecule has 0 spiro atoms. The molecule has 0 saturated heterocycles. The highest BCUT2D eigenvalue weighted by Gasteiger charge is 2.48. The molecule has 4 aromatic rings. The molecule has 0 fully saturated rings. The minimum absolute atomic E-state index is 0.0472. The maximum absolute atomic E-state index is 14.1. The van der Waals surface area contributed by atoms with Crippen LogP contribution in [0.15, 0.2) is 58.3 Å². The first kappa shape index (κ1) is 43.4. The highest BCUT2D eigenvalue weighted by Crippen LogP contribution is 2.45.